The smallest absolute Gasteiger partial charge is 0.382 e. The van der Waals surface area contributed by atoms with Gasteiger partial charge < -0.3 is 25.2 Å². The van der Waals surface area contributed by atoms with Gasteiger partial charge in [0.25, 0.3) is 5.91 Å². The van der Waals surface area contributed by atoms with Gasteiger partial charge in [0.2, 0.25) is 11.8 Å². The molecule has 41 heavy (non-hydrogen) atoms. The molecule has 1 saturated heterocycles. The molecule has 9 nitrogen and oxygen atoms in total. The van der Waals surface area contributed by atoms with Crippen LogP contribution in [0.15, 0.2) is 34.2 Å². The SMILES string of the molecule is Cc1noc(C)c1C(=O)N[C@H](C(=O)N1CCC[C@H]1C(=O)N[C@@H](Cc1csc2ccccc12)[C@H](O)C(F)(F)F)C(C)C. The van der Waals surface area contributed by atoms with Gasteiger partial charge in [0.15, 0.2) is 6.10 Å². The highest BCUT2D eigenvalue weighted by Crippen LogP contribution is 2.30. The van der Waals surface area contributed by atoms with Gasteiger partial charge in [-0.2, -0.15) is 13.2 Å². The number of rotatable bonds is 9. The number of aryl methyl sites for hydroxylation is 2. The molecule has 4 rings (SSSR count). The largest absolute Gasteiger partial charge is 0.416 e. The van der Waals surface area contributed by atoms with E-state index in [1.807, 2.05) is 12.1 Å². The van der Waals surface area contributed by atoms with Crippen LogP contribution in [-0.4, -0.2) is 69.8 Å². The van der Waals surface area contributed by atoms with Crippen molar-refractivity contribution in [3.8, 4) is 0 Å². The van der Waals surface area contributed by atoms with Crippen LogP contribution in [-0.2, 0) is 16.0 Å². The van der Waals surface area contributed by atoms with Gasteiger partial charge in [-0.05, 0) is 61.4 Å². The number of amides is 3. The molecule has 0 unspecified atom stereocenters. The molecule has 4 atom stereocenters. The Morgan fingerprint density at radius 2 is 1.90 bits per heavy atom. The van der Waals surface area contributed by atoms with Crippen LogP contribution in [0.2, 0.25) is 0 Å². The molecular formula is C28H33F3N4O5S. The molecule has 2 aromatic heterocycles. The maximum Gasteiger partial charge on any atom is 0.416 e. The summed E-state index contributed by atoms with van der Waals surface area (Å²) in [4.78, 5) is 41.3. The molecule has 3 amide bonds. The minimum Gasteiger partial charge on any atom is -0.382 e. The van der Waals surface area contributed by atoms with Gasteiger partial charge in [0.1, 0.15) is 23.4 Å². The van der Waals surface area contributed by atoms with Crippen molar-refractivity contribution in [1.29, 1.82) is 0 Å². The molecule has 0 aliphatic carbocycles. The fourth-order valence-electron chi connectivity index (χ4n) is 5.19. The van der Waals surface area contributed by atoms with E-state index in [1.165, 1.54) is 16.2 Å². The van der Waals surface area contributed by atoms with Crippen molar-refractivity contribution in [2.75, 3.05) is 6.54 Å². The number of carbonyl (C=O) groups excluding carboxylic acids is 3. The lowest BCUT2D eigenvalue weighted by Crippen LogP contribution is -2.58. The first-order chi connectivity index (χ1) is 19.3. The molecule has 3 N–H and O–H groups in total. The first kappa shape index (κ1) is 30.5. The van der Waals surface area contributed by atoms with Crippen LogP contribution >= 0.6 is 11.3 Å². The van der Waals surface area contributed by atoms with E-state index in [0.29, 0.717) is 23.4 Å². The van der Waals surface area contributed by atoms with Gasteiger partial charge in [0, 0.05) is 11.2 Å². The van der Waals surface area contributed by atoms with Gasteiger partial charge in [-0.1, -0.05) is 37.2 Å². The lowest BCUT2D eigenvalue weighted by Gasteiger charge is -2.32. The summed E-state index contributed by atoms with van der Waals surface area (Å²) in [5.74, 6) is -1.92. The zero-order chi connectivity index (χ0) is 30.1. The number of benzene rings is 1. The summed E-state index contributed by atoms with van der Waals surface area (Å²) < 4.78 is 46.9. The van der Waals surface area contributed by atoms with Gasteiger partial charge >= 0.3 is 6.18 Å². The van der Waals surface area contributed by atoms with E-state index in [2.05, 4.69) is 15.8 Å². The second-order valence-electron chi connectivity index (χ2n) is 10.6. The van der Waals surface area contributed by atoms with E-state index >= 15 is 0 Å². The number of aromatic nitrogens is 1. The number of alkyl halides is 3. The second-order valence-corrected chi connectivity index (χ2v) is 11.6. The summed E-state index contributed by atoms with van der Waals surface area (Å²) in [6.45, 7) is 6.85. The van der Waals surface area contributed by atoms with E-state index in [1.54, 1.807) is 45.2 Å². The number of hydrogen-bond donors (Lipinski definition) is 3. The minimum atomic E-state index is -4.97. The Labute approximate surface area is 239 Å². The van der Waals surface area contributed by atoms with Gasteiger partial charge in [0.05, 0.1) is 11.7 Å². The Kier molecular flexibility index (Phi) is 9.07. The molecule has 222 valence electrons. The number of nitrogens with one attached hydrogen (secondary N) is 2. The average molecular weight is 595 g/mol. The quantitative estimate of drug-likeness (QED) is 0.345. The van der Waals surface area contributed by atoms with Crippen molar-refractivity contribution >= 4 is 39.1 Å². The summed E-state index contributed by atoms with van der Waals surface area (Å²) in [5, 5.41) is 21.5. The number of aliphatic hydroxyl groups excluding tert-OH is 1. The Hall–Kier alpha value is -3.45. The molecule has 1 fully saturated rings. The minimum absolute atomic E-state index is 0.197. The number of fused-ring (bicyclic) bond motifs is 1. The van der Waals surface area contributed by atoms with Crippen molar-refractivity contribution in [2.24, 2.45) is 5.92 Å². The fourth-order valence-corrected chi connectivity index (χ4v) is 6.17. The highest BCUT2D eigenvalue weighted by atomic mass is 32.1. The van der Waals surface area contributed by atoms with Crippen LogP contribution in [0.3, 0.4) is 0 Å². The fraction of sp³-hybridized carbons (Fsp3) is 0.500. The highest BCUT2D eigenvalue weighted by Gasteiger charge is 2.46. The number of likely N-dealkylation sites (tertiary alicyclic amines) is 1. The van der Waals surface area contributed by atoms with E-state index in [0.717, 1.165) is 10.1 Å². The van der Waals surface area contributed by atoms with Crippen LogP contribution in [0.25, 0.3) is 10.1 Å². The number of aliphatic hydroxyl groups is 1. The summed E-state index contributed by atoms with van der Waals surface area (Å²) in [6, 6.07) is 3.48. The van der Waals surface area contributed by atoms with Crippen molar-refractivity contribution in [3.05, 3.63) is 52.2 Å². The molecular weight excluding hydrogens is 561 g/mol. The number of hydrogen-bond acceptors (Lipinski definition) is 7. The second kappa shape index (κ2) is 12.2. The summed E-state index contributed by atoms with van der Waals surface area (Å²) in [5.41, 5.74) is 1.14. The first-order valence-electron chi connectivity index (χ1n) is 13.3. The summed E-state index contributed by atoms with van der Waals surface area (Å²) in [6.07, 6.45) is -7.35. The Morgan fingerprint density at radius 1 is 1.20 bits per heavy atom. The molecule has 1 aliphatic rings. The maximum atomic E-state index is 13.6. The lowest BCUT2D eigenvalue weighted by atomic mass is 9.99. The zero-order valence-corrected chi connectivity index (χ0v) is 23.9. The number of thiophene rings is 1. The van der Waals surface area contributed by atoms with Crippen LogP contribution < -0.4 is 10.6 Å². The van der Waals surface area contributed by atoms with Gasteiger partial charge in [-0.15, -0.1) is 11.3 Å². The monoisotopic (exact) mass is 594 g/mol. The Balaban J connectivity index is 1.53. The maximum absolute atomic E-state index is 13.6. The predicted molar refractivity (Wildman–Crippen MR) is 146 cm³/mol. The molecule has 0 bridgehead atoms. The highest BCUT2D eigenvalue weighted by molar-refractivity contribution is 7.17. The zero-order valence-electron chi connectivity index (χ0n) is 23.1. The molecule has 0 spiro atoms. The Morgan fingerprint density at radius 3 is 2.54 bits per heavy atom. The molecule has 0 radical (unpaired) electrons. The summed E-state index contributed by atoms with van der Waals surface area (Å²) in [7, 11) is 0. The number of halogens is 3. The van der Waals surface area contributed by atoms with Crippen molar-refractivity contribution in [2.45, 2.75) is 77.4 Å². The Bertz CT molecular complexity index is 1400. The van der Waals surface area contributed by atoms with E-state index in [4.69, 9.17) is 4.52 Å². The van der Waals surface area contributed by atoms with Crippen LogP contribution in [0.4, 0.5) is 13.2 Å². The van der Waals surface area contributed by atoms with Crippen LogP contribution in [0.5, 0.6) is 0 Å². The van der Waals surface area contributed by atoms with Crippen LogP contribution in [0, 0.1) is 19.8 Å². The molecule has 1 aliphatic heterocycles. The molecule has 0 saturated carbocycles. The number of nitrogens with zero attached hydrogens (tertiary/aromatic N) is 2. The standard InChI is InChI=1S/C28H33F3N4O5S/c1-14(2)23(33-26(38)22-15(3)34-40-16(22)4)27(39)35-11-7-9-20(35)25(37)32-19(24(36)28(29,30)31)12-17-13-41-21-10-6-5-8-18(17)21/h5-6,8,10,13-14,19-20,23-24,36H,7,9,11-12H2,1-4H3,(H,32,37)(H,33,38)/t19-,20-,23-,24-/m0/s1. The van der Waals surface area contributed by atoms with E-state index in [9.17, 15) is 32.7 Å². The topological polar surface area (TPSA) is 125 Å². The van der Waals surface area contributed by atoms with Crippen molar-refractivity contribution < 1.29 is 37.2 Å². The average Bonchev–Trinajstić information content (AvgIpc) is 3.64. The number of carbonyl (C=O) groups is 3. The molecule has 3 aromatic rings. The molecule has 13 heteroatoms. The lowest BCUT2D eigenvalue weighted by molar-refractivity contribution is -0.212. The molecule has 3 heterocycles. The van der Waals surface area contributed by atoms with Crippen molar-refractivity contribution in [3.63, 3.8) is 0 Å². The van der Waals surface area contributed by atoms with Crippen molar-refractivity contribution in [1.82, 2.24) is 20.7 Å². The molecule has 1 aromatic carbocycles. The third-order valence-electron chi connectivity index (χ3n) is 7.36. The summed E-state index contributed by atoms with van der Waals surface area (Å²) >= 11 is 1.36. The van der Waals surface area contributed by atoms with Crippen LogP contribution in [0.1, 0.15) is 54.1 Å². The van der Waals surface area contributed by atoms with E-state index in [-0.39, 0.29) is 30.9 Å². The predicted octanol–water partition coefficient (Wildman–Crippen LogP) is 3.90. The van der Waals surface area contributed by atoms with Gasteiger partial charge in [-0.25, -0.2) is 0 Å². The van der Waals surface area contributed by atoms with E-state index < -0.39 is 48.1 Å². The normalized spacial score (nSPS) is 18.0. The first-order valence-corrected chi connectivity index (χ1v) is 14.2. The van der Waals surface area contributed by atoms with Gasteiger partial charge in [-0.3, -0.25) is 14.4 Å². The third kappa shape index (κ3) is 6.56. The third-order valence-corrected chi connectivity index (χ3v) is 8.38.